The molecule has 0 radical (unpaired) electrons. The molecule has 1 amide bonds. The molecule has 128 valence electrons. The number of carbonyl (C=O) groups excluding carboxylic acids is 1. The Hall–Kier alpha value is -2.20. The van der Waals surface area contributed by atoms with Gasteiger partial charge >= 0.3 is 0 Å². The van der Waals surface area contributed by atoms with E-state index in [0.717, 1.165) is 5.56 Å². The summed E-state index contributed by atoms with van der Waals surface area (Å²) in [6.45, 7) is 4.93. The summed E-state index contributed by atoms with van der Waals surface area (Å²) in [5, 5.41) is 3.59. The highest BCUT2D eigenvalue weighted by atomic mass is 35.5. The molecule has 0 heterocycles. The summed E-state index contributed by atoms with van der Waals surface area (Å²) in [5.74, 6) is 1.27. The van der Waals surface area contributed by atoms with Crippen molar-refractivity contribution in [2.45, 2.75) is 26.7 Å². The molecular weight excluding hydrogens is 326 g/mol. The lowest BCUT2D eigenvalue weighted by atomic mass is 10.1. The van der Waals surface area contributed by atoms with Crippen LogP contribution in [-0.4, -0.2) is 19.1 Å². The van der Waals surface area contributed by atoms with Crippen LogP contribution in [0.3, 0.4) is 0 Å². The first-order valence-electron chi connectivity index (χ1n) is 8.06. The quantitative estimate of drug-likeness (QED) is 0.752. The van der Waals surface area contributed by atoms with Gasteiger partial charge in [0.05, 0.1) is 13.2 Å². The Balaban J connectivity index is 1.95. The maximum atomic E-state index is 12.1. The second kappa shape index (κ2) is 9.18. The van der Waals surface area contributed by atoms with Crippen LogP contribution in [0, 0.1) is 0 Å². The number of aryl methyl sites for hydroxylation is 1. The van der Waals surface area contributed by atoms with Crippen LogP contribution in [-0.2, 0) is 11.2 Å². The van der Waals surface area contributed by atoms with Gasteiger partial charge in [0.15, 0.2) is 11.5 Å². The van der Waals surface area contributed by atoms with Gasteiger partial charge in [-0.1, -0.05) is 23.7 Å². The molecule has 0 saturated carbocycles. The molecule has 0 atom stereocenters. The fraction of sp³-hybridized carbons (Fsp3) is 0.316. The summed E-state index contributed by atoms with van der Waals surface area (Å²) in [7, 11) is 0. The summed E-state index contributed by atoms with van der Waals surface area (Å²) in [6.07, 6.45) is 1.07. The van der Waals surface area contributed by atoms with Crippen molar-refractivity contribution < 1.29 is 14.3 Å². The Morgan fingerprint density at radius 1 is 1.00 bits per heavy atom. The lowest BCUT2D eigenvalue weighted by molar-refractivity contribution is -0.116. The number of ether oxygens (including phenoxy) is 2. The van der Waals surface area contributed by atoms with Gasteiger partial charge in [-0.3, -0.25) is 4.79 Å². The van der Waals surface area contributed by atoms with E-state index in [1.54, 1.807) is 6.07 Å². The van der Waals surface area contributed by atoms with Gasteiger partial charge < -0.3 is 14.8 Å². The zero-order valence-electron chi connectivity index (χ0n) is 14.0. The molecule has 5 heteroatoms. The first-order valence-corrected chi connectivity index (χ1v) is 8.44. The Bertz CT molecular complexity index is 671. The molecule has 0 spiro atoms. The highest BCUT2D eigenvalue weighted by Gasteiger charge is 2.09. The lowest BCUT2D eigenvalue weighted by Crippen LogP contribution is -2.12. The third-order valence-electron chi connectivity index (χ3n) is 3.38. The van der Waals surface area contributed by atoms with Gasteiger partial charge in [0.25, 0.3) is 0 Å². The average Bonchev–Trinajstić information content (AvgIpc) is 2.57. The molecule has 0 saturated heterocycles. The number of amides is 1. The number of anilines is 1. The van der Waals surface area contributed by atoms with Crippen LogP contribution < -0.4 is 14.8 Å². The summed E-state index contributed by atoms with van der Waals surface area (Å²) in [5.41, 5.74) is 1.78. The maximum Gasteiger partial charge on any atom is 0.224 e. The molecule has 0 aromatic heterocycles. The maximum absolute atomic E-state index is 12.1. The van der Waals surface area contributed by atoms with Crippen molar-refractivity contribution >= 4 is 23.2 Å². The molecule has 2 rings (SSSR count). The van der Waals surface area contributed by atoms with Gasteiger partial charge in [-0.05, 0) is 50.1 Å². The topological polar surface area (TPSA) is 47.6 Å². The summed E-state index contributed by atoms with van der Waals surface area (Å²) < 4.78 is 11.1. The summed E-state index contributed by atoms with van der Waals surface area (Å²) >= 11 is 5.86. The van der Waals surface area contributed by atoms with Crippen LogP contribution >= 0.6 is 11.6 Å². The minimum atomic E-state index is -0.0449. The molecule has 4 nitrogen and oxygen atoms in total. The van der Waals surface area contributed by atoms with E-state index in [-0.39, 0.29) is 5.91 Å². The van der Waals surface area contributed by atoms with E-state index in [9.17, 15) is 4.79 Å². The fourth-order valence-corrected chi connectivity index (χ4v) is 2.39. The zero-order valence-corrected chi connectivity index (χ0v) is 14.7. The van der Waals surface area contributed by atoms with Crippen molar-refractivity contribution in [1.82, 2.24) is 0 Å². The van der Waals surface area contributed by atoms with Crippen molar-refractivity contribution in [1.29, 1.82) is 0 Å². The van der Waals surface area contributed by atoms with Gasteiger partial charge in [-0.2, -0.15) is 0 Å². The molecule has 0 aliphatic heterocycles. The van der Waals surface area contributed by atoms with Crippen LogP contribution in [0.4, 0.5) is 5.69 Å². The third kappa shape index (κ3) is 5.46. The molecule has 24 heavy (non-hydrogen) atoms. The van der Waals surface area contributed by atoms with E-state index in [1.165, 1.54) is 0 Å². The lowest BCUT2D eigenvalue weighted by Gasteiger charge is -2.13. The predicted octanol–water partition coefficient (Wildman–Crippen LogP) is 4.71. The highest BCUT2D eigenvalue weighted by Crippen LogP contribution is 2.30. The fourth-order valence-electron chi connectivity index (χ4n) is 2.26. The molecule has 0 bridgehead atoms. The second-order valence-electron chi connectivity index (χ2n) is 5.20. The summed E-state index contributed by atoms with van der Waals surface area (Å²) in [4.78, 5) is 12.1. The van der Waals surface area contributed by atoms with Crippen LogP contribution in [0.1, 0.15) is 25.8 Å². The standard InChI is InChI=1S/C19H22ClNO3/c1-3-23-17-11-10-16(13-18(17)24-4-2)21-19(22)12-7-14-5-8-15(20)9-6-14/h5-6,8-11,13H,3-4,7,12H2,1-2H3,(H,21,22). The van der Waals surface area contributed by atoms with E-state index in [1.807, 2.05) is 50.2 Å². The smallest absolute Gasteiger partial charge is 0.224 e. The van der Waals surface area contributed by atoms with Crippen LogP contribution in [0.25, 0.3) is 0 Å². The van der Waals surface area contributed by atoms with Gasteiger partial charge in [0.1, 0.15) is 0 Å². The highest BCUT2D eigenvalue weighted by molar-refractivity contribution is 6.30. The normalized spacial score (nSPS) is 10.3. The van der Waals surface area contributed by atoms with Gasteiger partial charge in [-0.25, -0.2) is 0 Å². The molecule has 2 aromatic carbocycles. The number of benzene rings is 2. The minimum absolute atomic E-state index is 0.0449. The first-order chi connectivity index (χ1) is 11.6. The van der Waals surface area contributed by atoms with Crippen molar-refractivity contribution in [2.75, 3.05) is 18.5 Å². The number of hydrogen-bond donors (Lipinski definition) is 1. The molecule has 0 unspecified atom stereocenters. The predicted molar refractivity (Wildman–Crippen MR) is 97.2 cm³/mol. The largest absolute Gasteiger partial charge is 0.490 e. The number of nitrogens with one attached hydrogen (secondary N) is 1. The molecular formula is C19H22ClNO3. The SMILES string of the molecule is CCOc1ccc(NC(=O)CCc2ccc(Cl)cc2)cc1OCC. The van der Waals surface area contributed by atoms with Crippen molar-refractivity contribution in [3.63, 3.8) is 0 Å². The molecule has 2 aromatic rings. The zero-order chi connectivity index (χ0) is 17.4. The van der Waals surface area contributed by atoms with Gasteiger partial charge in [-0.15, -0.1) is 0 Å². The first kappa shape index (κ1) is 18.1. The minimum Gasteiger partial charge on any atom is -0.490 e. The number of carbonyl (C=O) groups is 1. The van der Waals surface area contributed by atoms with E-state index in [0.29, 0.717) is 48.3 Å². The van der Waals surface area contributed by atoms with Crippen molar-refractivity contribution in [3.05, 3.63) is 53.1 Å². The Labute approximate surface area is 147 Å². The number of halogens is 1. The molecule has 0 aliphatic carbocycles. The Kier molecular flexibility index (Phi) is 6.94. The molecule has 0 aliphatic rings. The second-order valence-corrected chi connectivity index (χ2v) is 5.64. The third-order valence-corrected chi connectivity index (χ3v) is 3.63. The van der Waals surface area contributed by atoms with E-state index in [4.69, 9.17) is 21.1 Å². The van der Waals surface area contributed by atoms with E-state index < -0.39 is 0 Å². The summed E-state index contributed by atoms with van der Waals surface area (Å²) in [6, 6.07) is 12.9. The Morgan fingerprint density at radius 2 is 1.67 bits per heavy atom. The van der Waals surface area contributed by atoms with Crippen LogP contribution in [0.2, 0.25) is 5.02 Å². The Morgan fingerprint density at radius 3 is 2.33 bits per heavy atom. The molecule has 1 N–H and O–H groups in total. The number of hydrogen-bond acceptors (Lipinski definition) is 3. The van der Waals surface area contributed by atoms with Gasteiger partial charge in [0, 0.05) is 23.2 Å². The van der Waals surface area contributed by atoms with E-state index in [2.05, 4.69) is 5.32 Å². The van der Waals surface area contributed by atoms with Crippen molar-refractivity contribution in [2.24, 2.45) is 0 Å². The average molecular weight is 348 g/mol. The molecule has 0 fully saturated rings. The van der Waals surface area contributed by atoms with Crippen LogP contribution in [0.5, 0.6) is 11.5 Å². The van der Waals surface area contributed by atoms with Gasteiger partial charge in [0.2, 0.25) is 5.91 Å². The monoisotopic (exact) mass is 347 g/mol. The number of rotatable bonds is 8. The van der Waals surface area contributed by atoms with E-state index >= 15 is 0 Å². The van der Waals surface area contributed by atoms with Crippen molar-refractivity contribution in [3.8, 4) is 11.5 Å². The van der Waals surface area contributed by atoms with Crippen LogP contribution in [0.15, 0.2) is 42.5 Å².